The van der Waals surface area contributed by atoms with Gasteiger partial charge in [0.2, 0.25) is 0 Å². The number of hydrogen-bond donors (Lipinski definition) is 1. The van der Waals surface area contributed by atoms with Gasteiger partial charge < -0.3 is 15.1 Å². The molecule has 0 unspecified atom stereocenters. The number of nitrogens with zero attached hydrogens (tertiary/aromatic N) is 3. The second-order valence-electron chi connectivity index (χ2n) is 5.66. The minimum absolute atomic E-state index is 0.00357. The molecular formula is C17H19ClN4O. The van der Waals surface area contributed by atoms with Gasteiger partial charge in [-0.1, -0.05) is 11.6 Å². The third-order valence-corrected chi connectivity index (χ3v) is 4.16. The number of carbonyl (C=O) groups excluding carboxylic acids is 1. The monoisotopic (exact) mass is 330 g/mol. The van der Waals surface area contributed by atoms with Crippen LogP contribution in [0, 0.1) is 0 Å². The Balaban J connectivity index is 1.64. The van der Waals surface area contributed by atoms with Crippen LogP contribution in [0.3, 0.4) is 0 Å². The molecule has 0 bridgehead atoms. The van der Waals surface area contributed by atoms with E-state index < -0.39 is 0 Å². The van der Waals surface area contributed by atoms with E-state index in [2.05, 4.69) is 22.2 Å². The average Bonchev–Trinajstić information content (AvgIpc) is 2.58. The number of aromatic nitrogens is 1. The van der Waals surface area contributed by atoms with Gasteiger partial charge in [0, 0.05) is 36.9 Å². The first-order valence-electron chi connectivity index (χ1n) is 7.58. The number of anilines is 2. The topological polar surface area (TPSA) is 48.5 Å². The predicted octanol–water partition coefficient (Wildman–Crippen LogP) is 2.87. The van der Waals surface area contributed by atoms with Crippen LogP contribution in [-0.2, 0) is 0 Å². The normalized spacial score (nSPS) is 15.5. The highest BCUT2D eigenvalue weighted by Gasteiger charge is 2.21. The van der Waals surface area contributed by atoms with E-state index in [1.54, 1.807) is 12.3 Å². The van der Waals surface area contributed by atoms with Crippen molar-refractivity contribution < 1.29 is 4.79 Å². The van der Waals surface area contributed by atoms with E-state index in [1.165, 1.54) is 0 Å². The molecule has 3 rings (SSSR count). The summed E-state index contributed by atoms with van der Waals surface area (Å²) >= 11 is 5.87. The van der Waals surface area contributed by atoms with Gasteiger partial charge in [-0.15, -0.1) is 0 Å². The first-order chi connectivity index (χ1) is 11.1. The summed E-state index contributed by atoms with van der Waals surface area (Å²) in [5.74, 6) is -0.00357. The molecule has 5 nitrogen and oxygen atoms in total. The number of pyridine rings is 1. The van der Waals surface area contributed by atoms with Gasteiger partial charge in [-0.05, 0) is 43.4 Å². The van der Waals surface area contributed by atoms with E-state index in [1.807, 2.05) is 35.2 Å². The van der Waals surface area contributed by atoms with Gasteiger partial charge in [0.1, 0.15) is 5.69 Å². The molecule has 2 aromatic rings. The zero-order chi connectivity index (χ0) is 16.2. The van der Waals surface area contributed by atoms with Gasteiger partial charge in [0.15, 0.2) is 0 Å². The van der Waals surface area contributed by atoms with Crippen LogP contribution in [0.15, 0.2) is 42.6 Å². The van der Waals surface area contributed by atoms with Gasteiger partial charge >= 0.3 is 0 Å². The molecule has 1 aliphatic rings. The maximum atomic E-state index is 12.4. The fourth-order valence-electron chi connectivity index (χ4n) is 2.47. The second-order valence-corrected chi connectivity index (χ2v) is 6.10. The molecule has 0 aliphatic carbocycles. The molecule has 1 saturated heterocycles. The standard InChI is InChI=1S/C17H19ClN4O/c1-21-8-10-22(11-9-21)17(23)16-7-6-15(12-19-16)20-14-4-2-13(18)3-5-14/h2-7,12,20H,8-11H2,1H3. The highest BCUT2D eigenvalue weighted by molar-refractivity contribution is 6.30. The summed E-state index contributed by atoms with van der Waals surface area (Å²) in [6.45, 7) is 3.31. The Morgan fingerprint density at radius 3 is 2.30 bits per heavy atom. The number of rotatable bonds is 3. The number of benzene rings is 1. The minimum atomic E-state index is -0.00357. The zero-order valence-electron chi connectivity index (χ0n) is 13.0. The third kappa shape index (κ3) is 4.00. The molecule has 0 saturated carbocycles. The largest absolute Gasteiger partial charge is 0.354 e. The van der Waals surface area contributed by atoms with Crippen molar-refractivity contribution in [2.24, 2.45) is 0 Å². The van der Waals surface area contributed by atoms with Gasteiger partial charge in [-0.25, -0.2) is 4.98 Å². The summed E-state index contributed by atoms with van der Waals surface area (Å²) in [5.41, 5.74) is 2.24. The second kappa shape index (κ2) is 6.98. The summed E-state index contributed by atoms with van der Waals surface area (Å²) in [6, 6.07) is 11.1. The Hall–Kier alpha value is -2.11. The lowest BCUT2D eigenvalue weighted by Gasteiger charge is -2.32. The summed E-state index contributed by atoms with van der Waals surface area (Å²) in [5, 5.41) is 3.93. The molecule has 1 fully saturated rings. The molecule has 1 aromatic heterocycles. The van der Waals surface area contributed by atoms with Crippen LogP contribution in [0.25, 0.3) is 0 Å². The molecule has 1 aliphatic heterocycles. The van der Waals surface area contributed by atoms with Crippen molar-refractivity contribution in [2.45, 2.75) is 0 Å². The molecule has 0 radical (unpaired) electrons. The Morgan fingerprint density at radius 2 is 1.70 bits per heavy atom. The summed E-state index contributed by atoms with van der Waals surface area (Å²) < 4.78 is 0. The molecule has 0 atom stereocenters. The van der Waals surface area contributed by atoms with Crippen LogP contribution in [0.2, 0.25) is 5.02 Å². The maximum Gasteiger partial charge on any atom is 0.272 e. The summed E-state index contributed by atoms with van der Waals surface area (Å²) in [4.78, 5) is 20.8. The van der Waals surface area contributed by atoms with Gasteiger partial charge in [0.25, 0.3) is 5.91 Å². The lowest BCUT2D eigenvalue weighted by Crippen LogP contribution is -2.47. The van der Waals surface area contributed by atoms with E-state index in [0.29, 0.717) is 10.7 Å². The highest BCUT2D eigenvalue weighted by atomic mass is 35.5. The van der Waals surface area contributed by atoms with Crippen LogP contribution >= 0.6 is 11.6 Å². The van der Waals surface area contributed by atoms with Crippen molar-refractivity contribution in [3.63, 3.8) is 0 Å². The average molecular weight is 331 g/mol. The Kier molecular flexibility index (Phi) is 4.79. The molecule has 23 heavy (non-hydrogen) atoms. The van der Waals surface area contributed by atoms with Gasteiger partial charge in [0.05, 0.1) is 11.9 Å². The van der Waals surface area contributed by atoms with Crippen molar-refractivity contribution >= 4 is 28.9 Å². The third-order valence-electron chi connectivity index (χ3n) is 3.91. The van der Waals surface area contributed by atoms with E-state index in [9.17, 15) is 4.79 Å². The van der Waals surface area contributed by atoms with Crippen LogP contribution < -0.4 is 5.32 Å². The molecular weight excluding hydrogens is 312 g/mol. The maximum absolute atomic E-state index is 12.4. The lowest BCUT2D eigenvalue weighted by molar-refractivity contribution is 0.0658. The molecule has 1 N–H and O–H groups in total. The number of halogens is 1. The fraction of sp³-hybridized carbons (Fsp3) is 0.294. The van der Waals surface area contributed by atoms with Crippen LogP contribution in [0.1, 0.15) is 10.5 Å². The highest BCUT2D eigenvalue weighted by Crippen LogP contribution is 2.18. The lowest BCUT2D eigenvalue weighted by atomic mass is 10.2. The van der Waals surface area contributed by atoms with Crippen molar-refractivity contribution in [3.8, 4) is 0 Å². The predicted molar refractivity (Wildman–Crippen MR) is 92.4 cm³/mol. The van der Waals surface area contributed by atoms with Crippen LogP contribution in [-0.4, -0.2) is 53.9 Å². The van der Waals surface area contributed by atoms with E-state index in [4.69, 9.17) is 11.6 Å². The van der Waals surface area contributed by atoms with Gasteiger partial charge in [-0.3, -0.25) is 4.79 Å². The van der Waals surface area contributed by atoms with Crippen molar-refractivity contribution in [1.82, 2.24) is 14.8 Å². The number of amides is 1. The summed E-state index contributed by atoms with van der Waals surface area (Å²) in [7, 11) is 2.07. The van der Waals surface area contributed by atoms with E-state index >= 15 is 0 Å². The number of piperazine rings is 1. The molecule has 6 heteroatoms. The molecule has 1 aromatic carbocycles. The summed E-state index contributed by atoms with van der Waals surface area (Å²) in [6.07, 6.45) is 1.68. The zero-order valence-corrected chi connectivity index (χ0v) is 13.8. The quantitative estimate of drug-likeness (QED) is 0.940. The number of carbonyl (C=O) groups is 1. The minimum Gasteiger partial charge on any atom is -0.354 e. The molecule has 0 spiro atoms. The number of hydrogen-bond acceptors (Lipinski definition) is 4. The van der Waals surface area contributed by atoms with Crippen molar-refractivity contribution in [2.75, 3.05) is 38.5 Å². The van der Waals surface area contributed by atoms with Crippen molar-refractivity contribution in [1.29, 1.82) is 0 Å². The first kappa shape index (κ1) is 15.8. The van der Waals surface area contributed by atoms with Crippen LogP contribution in [0.4, 0.5) is 11.4 Å². The van der Waals surface area contributed by atoms with Gasteiger partial charge in [-0.2, -0.15) is 0 Å². The molecule has 1 amide bonds. The first-order valence-corrected chi connectivity index (χ1v) is 7.96. The SMILES string of the molecule is CN1CCN(C(=O)c2ccc(Nc3ccc(Cl)cc3)cn2)CC1. The number of nitrogens with one attached hydrogen (secondary N) is 1. The fourth-order valence-corrected chi connectivity index (χ4v) is 2.59. The molecule has 120 valence electrons. The van der Waals surface area contributed by atoms with E-state index in [-0.39, 0.29) is 5.91 Å². The van der Waals surface area contributed by atoms with Crippen molar-refractivity contribution in [3.05, 3.63) is 53.3 Å². The number of likely N-dealkylation sites (N-methyl/N-ethyl adjacent to an activating group) is 1. The smallest absolute Gasteiger partial charge is 0.272 e. The Morgan fingerprint density at radius 1 is 1.04 bits per heavy atom. The van der Waals surface area contributed by atoms with E-state index in [0.717, 1.165) is 37.6 Å². The van der Waals surface area contributed by atoms with Crippen LogP contribution in [0.5, 0.6) is 0 Å². The Labute approximate surface area is 140 Å². The Bertz CT molecular complexity index is 664. The molecule has 2 heterocycles.